The van der Waals surface area contributed by atoms with E-state index in [9.17, 15) is 0 Å². The van der Waals surface area contributed by atoms with Crippen LogP contribution in [0.25, 0.3) is 88.0 Å². The minimum absolute atomic E-state index is 1.22. The van der Waals surface area contributed by atoms with Crippen LogP contribution in [0.2, 0.25) is 19.6 Å². The monoisotopic (exact) mass is 680 g/mol. The second-order valence-electron chi connectivity index (χ2n) is 14.9. The smallest absolute Gasteiger partial charge is 0.0656 e. The van der Waals surface area contributed by atoms with Crippen LogP contribution in [0, 0.1) is 0 Å². The lowest BCUT2D eigenvalue weighted by atomic mass is 9.85. The van der Waals surface area contributed by atoms with Gasteiger partial charge in [-0.15, -0.1) is 0 Å². The molecule has 9 aromatic carbocycles. The molecule has 0 saturated heterocycles. The Hall–Kier alpha value is -6.02. The van der Waals surface area contributed by atoms with E-state index in [1.54, 1.807) is 0 Å². The van der Waals surface area contributed by atoms with Crippen molar-refractivity contribution in [3.63, 3.8) is 0 Å². The largest absolute Gasteiger partial charge is 0.0776 e. The van der Waals surface area contributed by atoms with E-state index in [1.165, 1.54) is 93.1 Å². The van der Waals surface area contributed by atoms with Crippen molar-refractivity contribution in [1.82, 2.24) is 0 Å². The number of benzene rings is 9. The van der Waals surface area contributed by atoms with Crippen LogP contribution in [0.5, 0.6) is 0 Å². The molecule has 0 aliphatic heterocycles. The van der Waals surface area contributed by atoms with Gasteiger partial charge in [0.25, 0.3) is 0 Å². The molecule has 0 nitrogen and oxygen atoms in total. The van der Waals surface area contributed by atoms with Crippen molar-refractivity contribution in [2.75, 3.05) is 0 Å². The fourth-order valence-electron chi connectivity index (χ4n) is 7.95. The summed E-state index contributed by atoms with van der Waals surface area (Å²) >= 11 is 0. The highest BCUT2D eigenvalue weighted by molar-refractivity contribution is 6.88. The molecule has 0 atom stereocenters. The second kappa shape index (κ2) is 12.9. The van der Waals surface area contributed by atoms with Crippen LogP contribution < -0.4 is 5.19 Å². The zero-order valence-corrected chi connectivity index (χ0v) is 30.9. The summed E-state index contributed by atoms with van der Waals surface area (Å²) in [5, 5.41) is 9.12. The molecule has 0 spiro atoms. The summed E-state index contributed by atoms with van der Waals surface area (Å²) in [5.41, 5.74) is 12.5. The van der Waals surface area contributed by atoms with Crippen molar-refractivity contribution in [3.05, 3.63) is 188 Å². The van der Waals surface area contributed by atoms with Gasteiger partial charge >= 0.3 is 0 Å². The molecule has 0 aromatic heterocycles. The van der Waals surface area contributed by atoms with Crippen molar-refractivity contribution in [2.24, 2.45) is 0 Å². The number of hydrogen-bond donors (Lipinski definition) is 0. The van der Waals surface area contributed by atoms with E-state index in [0.29, 0.717) is 0 Å². The predicted molar refractivity (Wildman–Crippen MR) is 229 cm³/mol. The quantitative estimate of drug-likeness (QED) is 0.121. The van der Waals surface area contributed by atoms with Crippen LogP contribution in [-0.4, -0.2) is 8.07 Å². The SMILES string of the molecule is C[Si](C)(C)c1cccc(-c2c3ccccc3c(-c3ccc4cccc(-c5cc(-c6ccccc6)cc(-c6ccccc6)c5)c4c3)c3ccccc23)c1. The Balaban J connectivity index is 1.29. The third-order valence-electron chi connectivity index (χ3n) is 10.6. The van der Waals surface area contributed by atoms with Crippen LogP contribution in [0.3, 0.4) is 0 Å². The Labute approximate surface area is 307 Å². The lowest BCUT2D eigenvalue weighted by Crippen LogP contribution is -2.37. The Morgan fingerprint density at radius 3 is 1.29 bits per heavy atom. The van der Waals surface area contributed by atoms with Gasteiger partial charge in [-0.05, 0) is 112 Å². The molecule has 9 rings (SSSR count). The van der Waals surface area contributed by atoms with Crippen LogP contribution >= 0.6 is 0 Å². The molecule has 0 radical (unpaired) electrons. The number of hydrogen-bond acceptors (Lipinski definition) is 0. The highest BCUT2D eigenvalue weighted by Crippen LogP contribution is 2.45. The summed E-state index contributed by atoms with van der Waals surface area (Å²) in [4.78, 5) is 0. The van der Waals surface area contributed by atoms with E-state index in [0.717, 1.165) is 0 Å². The predicted octanol–water partition coefficient (Wildman–Crippen LogP) is 14.0. The van der Waals surface area contributed by atoms with Crippen molar-refractivity contribution < 1.29 is 0 Å². The van der Waals surface area contributed by atoms with E-state index in [2.05, 4.69) is 208 Å². The summed E-state index contributed by atoms with van der Waals surface area (Å²) in [5.74, 6) is 0. The lowest BCUT2D eigenvalue weighted by molar-refractivity contribution is 1.57. The molecule has 0 heterocycles. The molecule has 0 unspecified atom stereocenters. The van der Waals surface area contributed by atoms with E-state index in [4.69, 9.17) is 0 Å². The van der Waals surface area contributed by atoms with Gasteiger partial charge in [0.2, 0.25) is 0 Å². The van der Waals surface area contributed by atoms with Crippen LogP contribution in [0.4, 0.5) is 0 Å². The first-order valence-corrected chi connectivity index (χ1v) is 21.8. The normalized spacial score (nSPS) is 11.8. The van der Waals surface area contributed by atoms with E-state index in [-0.39, 0.29) is 0 Å². The third-order valence-corrected chi connectivity index (χ3v) is 12.6. The molecule has 0 aliphatic carbocycles. The molecule has 0 saturated carbocycles. The minimum atomic E-state index is -1.50. The fourth-order valence-corrected chi connectivity index (χ4v) is 9.13. The molecular formula is C51H40Si. The molecule has 9 aromatic rings. The lowest BCUT2D eigenvalue weighted by Gasteiger charge is -2.21. The van der Waals surface area contributed by atoms with Crippen LogP contribution in [0.15, 0.2) is 188 Å². The Kier molecular flexibility index (Phi) is 7.95. The van der Waals surface area contributed by atoms with Gasteiger partial charge in [0, 0.05) is 0 Å². The zero-order chi connectivity index (χ0) is 35.2. The summed E-state index contributed by atoms with van der Waals surface area (Å²) in [6.07, 6.45) is 0. The highest BCUT2D eigenvalue weighted by atomic mass is 28.3. The Morgan fingerprint density at radius 1 is 0.288 bits per heavy atom. The average Bonchev–Trinajstić information content (AvgIpc) is 3.19. The van der Waals surface area contributed by atoms with Gasteiger partial charge in [-0.1, -0.05) is 189 Å². The van der Waals surface area contributed by atoms with E-state index < -0.39 is 8.07 Å². The molecule has 0 aliphatic rings. The molecular weight excluding hydrogens is 641 g/mol. The first-order valence-electron chi connectivity index (χ1n) is 18.3. The minimum Gasteiger partial charge on any atom is -0.0656 e. The van der Waals surface area contributed by atoms with Gasteiger partial charge in [0.05, 0.1) is 8.07 Å². The topological polar surface area (TPSA) is 0 Å². The van der Waals surface area contributed by atoms with E-state index >= 15 is 0 Å². The molecule has 248 valence electrons. The molecule has 0 N–H and O–H groups in total. The van der Waals surface area contributed by atoms with Crippen LogP contribution in [-0.2, 0) is 0 Å². The number of rotatable bonds is 6. The fraction of sp³-hybridized carbons (Fsp3) is 0.0588. The molecule has 1 heteroatoms. The van der Waals surface area contributed by atoms with Crippen molar-refractivity contribution in [3.8, 4) is 55.6 Å². The van der Waals surface area contributed by atoms with Crippen molar-refractivity contribution in [1.29, 1.82) is 0 Å². The summed E-state index contributed by atoms with van der Waals surface area (Å²) in [6.45, 7) is 7.29. The first-order chi connectivity index (χ1) is 25.4. The summed E-state index contributed by atoms with van der Waals surface area (Å²) in [7, 11) is -1.50. The maximum absolute atomic E-state index is 2.45. The van der Waals surface area contributed by atoms with Crippen LogP contribution in [0.1, 0.15) is 0 Å². The molecule has 0 bridgehead atoms. The van der Waals surface area contributed by atoms with Gasteiger partial charge in [-0.2, -0.15) is 0 Å². The average molecular weight is 681 g/mol. The second-order valence-corrected chi connectivity index (χ2v) is 20.0. The van der Waals surface area contributed by atoms with E-state index in [1.807, 2.05) is 0 Å². The summed E-state index contributed by atoms with van der Waals surface area (Å²) < 4.78 is 0. The van der Waals surface area contributed by atoms with Gasteiger partial charge < -0.3 is 0 Å². The first kappa shape index (κ1) is 31.9. The third kappa shape index (κ3) is 5.74. The number of fused-ring (bicyclic) bond motifs is 3. The van der Waals surface area contributed by atoms with Gasteiger partial charge in [0.1, 0.15) is 0 Å². The Bertz CT molecular complexity index is 2640. The highest BCUT2D eigenvalue weighted by Gasteiger charge is 2.20. The van der Waals surface area contributed by atoms with Gasteiger partial charge in [-0.3, -0.25) is 0 Å². The van der Waals surface area contributed by atoms with Crippen molar-refractivity contribution >= 4 is 45.6 Å². The van der Waals surface area contributed by atoms with Crippen molar-refractivity contribution in [2.45, 2.75) is 19.6 Å². The maximum Gasteiger partial charge on any atom is 0.0776 e. The Morgan fingerprint density at radius 2 is 0.750 bits per heavy atom. The zero-order valence-electron chi connectivity index (χ0n) is 29.9. The standard InChI is InChI=1S/C51H40Si/c1-52(2,3)43-22-14-21-38(33-43)50-45-23-10-12-25-47(45)51(48-26-13-11-24-46(48)50)39-29-28-37-20-15-27-44(49(37)34-39)42-31-40(35-16-6-4-7-17-35)30-41(32-42)36-18-8-5-9-19-36/h4-34H,1-3H3. The van der Waals surface area contributed by atoms with Gasteiger partial charge in [-0.25, -0.2) is 0 Å². The maximum atomic E-state index is 2.45. The molecule has 0 fully saturated rings. The summed E-state index contributed by atoms with van der Waals surface area (Å²) in [6, 6.07) is 69.6. The van der Waals surface area contributed by atoms with Gasteiger partial charge in [0.15, 0.2) is 0 Å². The molecule has 0 amide bonds. The molecule has 52 heavy (non-hydrogen) atoms.